The van der Waals surface area contributed by atoms with E-state index in [-0.39, 0.29) is 18.4 Å². The van der Waals surface area contributed by atoms with E-state index in [1.807, 2.05) is 84.3 Å². The molecule has 0 N–H and O–H groups in total. The molecule has 3 aromatic carbocycles. The zero-order valence-electron chi connectivity index (χ0n) is 19.0. The topological polar surface area (TPSA) is 42.3 Å². The number of imide groups is 1. The number of hydrogen-bond donors (Lipinski definition) is 0. The quantitative estimate of drug-likeness (QED) is 0.267. The molecule has 0 radical (unpaired) electrons. The van der Waals surface area contributed by atoms with Crippen LogP contribution in [0, 0.1) is 0 Å². The zero-order chi connectivity index (χ0) is 24.5. The smallest absolute Gasteiger partial charge is 0.262 e. The first-order valence-corrected chi connectivity index (χ1v) is 12.1. The Morgan fingerprint density at radius 2 is 1.49 bits per heavy atom. The van der Waals surface area contributed by atoms with E-state index in [1.165, 1.54) is 4.90 Å². The van der Waals surface area contributed by atoms with Crippen LogP contribution < -0.4 is 0 Å². The molecule has 6 heteroatoms. The van der Waals surface area contributed by atoms with E-state index in [0.29, 0.717) is 33.4 Å². The van der Waals surface area contributed by atoms with Crippen molar-refractivity contribution in [1.82, 2.24) is 9.47 Å². The van der Waals surface area contributed by atoms with Crippen molar-refractivity contribution in [2.75, 3.05) is 0 Å². The summed E-state index contributed by atoms with van der Waals surface area (Å²) in [5.74, 6) is -0.722. The Labute approximate surface area is 213 Å². The number of carbonyl (C=O) groups is 2. The van der Waals surface area contributed by atoms with Crippen molar-refractivity contribution in [3.05, 3.63) is 117 Å². The third-order valence-electron chi connectivity index (χ3n) is 6.20. The van der Waals surface area contributed by atoms with Gasteiger partial charge in [-0.3, -0.25) is 14.5 Å². The standard InChI is InChI=1S/C29H22Cl2N2O2/c1-2-32-24-15-9-7-13-21(24)25(27(32)31)26-22(17-16-20-12-6-8-14-23(20)30)28(34)33(29(26)35)18-19-10-4-3-5-11-19/h3-17H,2,18H2,1H3/b17-16+. The van der Waals surface area contributed by atoms with E-state index in [0.717, 1.165) is 22.0 Å². The highest BCUT2D eigenvalue weighted by Crippen LogP contribution is 2.41. The SMILES string of the molecule is CCn1c(Cl)c(C2=C(/C=C/c3ccccc3Cl)C(=O)N(Cc3ccccc3)C2=O)c2ccccc21. The molecule has 0 saturated carbocycles. The van der Waals surface area contributed by atoms with Crippen molar-refractivity contribution in [1.29, 1.82) is 0 Å². The van der Waals surface area contributed by atoms with E-state index in [9.17, 15) is 9.59 Å². The van der Waals surface area contributed by atoms with Crippen LogP contribution in [0.4, 0.5) is 0 Å². The second-order valence-electron chi connectivity index (χ2n) is 8.25. The van der Waals surface area contributed by atoms with E-state index in [4.69, 9.17) is 23.2 Å². The highest BCUT2D eigenvalue weighted by molar-refractivity contribution is 6.43. The van der Waals surface area contributed by atoms with Crippen LogP contribution in [0.1, 0.15) is 23.6 Å². The molecule has 4 nitrogen and oxygen atoms in total. The Morgan fingerprint density at radius 1 is 0.800 bits per heavy atom. The molecule has 2 amide bonds. The van der Waals surface area contributed by atoms with Gasteiger partial charge in [0.25, 0.3) is 11.8 Å². The monoisotopic (exact) mass is 500 g/mol. The summed E-state index contributed by atoms with van der Waals surface area (Å²) in [5.41, 5.74) is 3.72. The Hall–Kier alpha value is -3.60. The molecule has 0 unspecified atom stereocenters. The molecule has 0 spiro atoms. The van der Waals surface area contributed by atoms with Gasteiger partial charge in [-0.05, 0) is 36.3 Å². The van der Waals surface area contributed by atoms with Crippen LogP contribution in [0.3, 0.4) is 0 Å². The van der Waals surface area contributed by atoms with Crippen LogP contribution >= 0.6 is 23.2 Å². The molecule has 1 aromatic heterocycles. The fourth-order valence-corrected chi connectivity index (χ4v) is 5.11. The average Bonchev–Trinajstić information content (AvgIpc) is 3.28. The minimum Gasteiger partial charge on any atom is -0.331 e. The van der Waals surface area contributed by atoms with Crippen molar-refractivity contribution < 1.29 is 9.59 Å². The number of carbonyl (C=O) groups excluding carboxylic acids is 2. The molecule has 5 rings (SSSR count). The Kier molecular flexibility index (Phi) is 6.33. The molecular formula is C29H22Cl2N2O2. The number of fused-ring (bicyclic) bond motifs is 1. The van der Waals surface area contributed by atoms with E-state index < -0.39 is 0 Å². The second kappa shape index (κ2) is 9.57. The predicted molar refractivity (Wildman–Crippen MR) is 142 cm³/mol. The van der Waals surface area contributed by atoms with Crippen LogP contribution in [0.2, 0.25) is 10.2 Å². The Bertz CT molecular complexity index is 1520. The normalized spacial score (nSPS) is 14.2. The molecule has 0 atom stereocenters. The molecule has 0 bridgehead atoms. The summed E-state index contributed by atoms with van der Waals surface area (Å²) in [7, 11) is 0. The maximum absolute atomic E-state index is 13.8. The van der Waals surface area contributed by atoms with Gasteiger partial charge in [0.1, 0.15) is 5.15 Å². The van der Waals surface area contributed by atoms with Gasteiger partial charge in [-0.2, -0.15) is 0 Å². The fourth-order valence-electron chi connectivity index (χ4n) is 4.50. The summed E-state index contributed by atoms with van der Waals surface area (Å²) < 4.78 is 1.95. The number of amides is 2. The highest BCUT2D eigenvalue weighted by atomic mass is 35.5. The van der Waals surface area contributed by atoms with Crippen molar-refractivity contribution in [3.63, 3.8) is 0 Å². The maximum Gasteiger partial charge on any atom is 0.262 e. The minimum atomic E-state index is -0.362. The molecule has 35 heavy (non-hydrogen) atoms. The van der Waals surface area contributed by atoms with E-state index >= 15 is 0 Å². The predicted octanol–water partition coefficient (Wildman–Crippen LogP) is 7.00. The van der Waals surface area contributed by atoms with Crippen LogP contribution in [-0.2, 0) is 22.7 Å². The summed E-state index contributed by atoms with van der Waals surface area (Å²) in [6.07, 6.45) is 3.44. The first-order valence-electron chi connectivity index (χ1n) is 11.3. The van der Waals surface area contributed by atoms with E-state index in [1.54, 1.807) is 18.2 Å². The number of para-hydroxylation sites is 1. The molecule has 0 fully saturated rings. The lowest BCUT2D eigenvalue weighted by Gasteiger charge is -2.15. The fraction of sp³-hybridized carbons (Fsp3) is 0.103. The highest BCUT2D eigenvalue weighted by Gasteiger charge is 2.40. The van der Waals surface area contributed by atoms with Gasteiger partial charge in [-0.15, -0.1) is 0 Å². The summed E-state index contributed by atoms with van der Waals surface area (Å²) >= 11 is 13.2. The largest absolute Gasteiger partial charge is 0.331 e. The lowest BCUT2D eigenvalue weighted by molar-refractivity contribution is -0.137. The van der Waals surface area contributed by atoms with Crippen molar-refractivity contribution in [2.45, 2.75) is 20.0 Å². The molecule has 2 heterocycles. The number of benzene rings is 3. The summed E-state index contributed by atoms with van der Waals surface area (Å²) in [5, 5.41) is 1.83. The molecule has 174 valence electrons. The third kappa shape index (κ3) is 4.09. The Balaban J connectivity index is 1.70. The first kappa shape index (κ1) is 23.2. The zero-order valence-corrected chi connectivity index (χ0v) is 20.6. The summed E-state index contributed by atoms with van der Waals surface area (Å²) in [6, 6.07) is 24.6. The van der Waals surface area contributed by atoms with Gasteiger partial charge in [0.15, 0.2) is 0 Å². The molecule has 1 aliphatic heterocycles. The molecule has 1 aliphatic rings. The Morgan fingerprint density at radius 3 is 2.23 bits per heavy atom. The molecule has 4 aromatic rings. The number of aryl methyl sites for hydroxylation is 1. The van der Waals surface area contributed by atoms with Crippen LogP contribution in [0.5, 0.6) is 0 Å². The summed E-state index contributed by atoms with van der Waals surface area (Å²) in [4.78, 5) is 28.8. The summed E-state index contributed by atoms with van der Waals surface area (Å²) in [6.45, 7) is 2.81. The van der Waals surface area contributed by atoms with Crippen molar-refractivity contribution >= 4 is 57.6 Å². The third-order valence-corrected chi connectivity index (χ3v) is 6.93. The van der Waals surface area contributed by atoms with Gasteiger partial charge in [0, 0.05) is 28.0 Å². The minimum absolute atomic E-state index is 0.176. The number of nitrogens with zero attached hydrogens (tertiary/aromatic N) is 2. The van der Waals surface area contributed by atoms with Crippen LogP contribution in [0.15, 0.2) is 90.5 Å². The molecule has 0 aliphatic carbocycles. The molecular weight excluding hydrogens is 479 g/mol. The van der Waals surface area contributed by atoms with Crippen molar-refractivity contribution in [3.8, 4) is 0 Å². The lowest BCUT2D eigenvalue weighted by atomic mass is 10.00. The maximum atomic E-state index is 13.8. The van der Waals surface area contributed by atoms with Gasteiger partial charge in [0.05, 0.1) is 17.7 Å². The lowest BCUT2D eigenvalue weighted by Crippen LogP contribution is -2.31. The number of aromatic nitrogens is 1. The number of rotatable bonds is 6. The van der Waals surface area contributed by atoms with Gasteiger partial charge >= 0.3 is 0 Å². The van der Waals surface area contributed by atoms with Gasteiger partial charge in [0.2, 0.25) is 0 Å². The molecule has 0 saturated heterocycles. The first-order chi connectivity index (χ1) is 17.0. The van der Waals surface area contributed by atoms with Crippen LogP contribution in [-0.4, -0.2) is 21.3 Å². The van der Waals surface area contributed by atoms with E-state index in [2.05, 4.69) is 0 Å². The second-order valence-corrected chi connectivity index (χ2v) is 9.02. The average molecular weight is 501 g/mol. The van der Waals surface area contributed by atoms with Gasteiger partial charge in [-0.1, -0.05) is 96.0 Å². The number of halogens is 2. The van der Waals surface area contributed by atoms with Gasteiger partial charge < -0.3 is 4.57 Å². The van der Waals surface area contributed by atoms with Crippen molar-refractivity contribution in [2.24, 2.45) is 0 Å². The van der Waals surface area contributed by atoms with Crippen LogP contribution in [0.25, 0.3) is 22.6 Å². The number of hydrogen-bond acceptors (Lipinski definition) is 2. The van der Waals surface area contributed by atoms with Gasteiger partial charge in [-0.25, -0.2) is 0 Å².